The molecule has 0 saturated carbocycles. The molecule has 3 rings (SSSR count). The zero-order chi connectivity index (χ0) is 21.5. The van der Waals surface area contributed by atoms with Crippen molar-refractivity contribution in [2.75, 3.05) is 5.32 Å². The molecule has 0 spiro atoms. The summed E-state index contributed by atoms with van der Waals surface area (Å²) in [5, 5.41) is 12.6. The Bertz CT molecular complexity index is 1090. The second kappa shape index (κ2) is 9.93. The van der Waals surface area contributed by atoms with E-state index in [1.807, 2.05) is 73.0 Å². The molecule has 1 heterocycles. The van der Waals surface area contributed by atoms with E-state index in [0.29, 0.717) is 17.8 Å². The smallest absolute Gasteiger partial charge is 0.274 e. The zero-order valence-corrected chi connectivity index (χ0v) is 18.0. The van der Waals surface area contributed by atoms with E-state index in [0.717, 1.165) is 41.6 Å². The number of rotatable bonds is 8. The number of unbranched alkanes of at least 4 members (excludes halogenated alkanes) is 1. The monoisotopic (exact) mass is 399 g/mol. The Morgan fingerprint density at radius 1 is 1.03 bits per heavy atom. The van der Waals surface area contributed by atoms with Crippen LogP contribution in [-0.4, -0.2) is 10.6 Å². The van der Waals surface area contributed by atoms with Gasteiger partial charge in [-0.05, 0) is 61.6 Å². The summed E-state index contributed by atoms with van der Waals surface area (Å²) in [6, 6.07) is 22.2. The highest BCUT2D eigenvalue weighted by Crippen LogP contribution is 2.24. The number of nitriles is 1. The first-order valence-electron chi connectivity index (χ1n) is 10.6. The van der Waals surface area contributed by atoms with Crippen LogP contribution in [0.15, 0.2) is 65.5 Å². The van der Waals surface area contributed by atoms with Crippen LogP contribution in [0.1, 0.15) is 50.4 Å². The largest absolute Gasteiger partial charge is 0.378 e. The van der Waals surface area contributed by atoms with E-state index in [-0.39, 0.29) is 11.6 Å². The van der Waals surface area contributed by atoms with E-state index < -0.39 is 0 Å². The fourth-order valence-electron chi connectivity index (χ4n) is 3.59. The van der Waals surface area contributed by atoms with Crippen molar-refractivity contribution in [3.05, 3.63) is 87.8 Å². The van der Waals surface area contributed by atoms with Crippen LogP contribution in [0.25, 0.3) is 11.1 Å². The van der Waals surface area contributed by atoms with Crippen molar-refractivity contribution in [3.8, 4) is 17.2 Å². The van der Waals surface area contributed by atoms with Crippen molar-refractivity contribution in [1.82, 2.24) is 4.57 Å². The number of hydrogen-bond acceptors (Lipinski definition) is 3. The van der Waals surface area contributed by atoms with Gasteiger partial charge in [-0.2, -0.15) is 5.26 Å². The molecule has 2 aromatic carbocycles. The molecule has 0 aliphatic rings. The molecule has 3 aromatic rings. The summed E-state index contributed by atoms with van der Waals surface area (Å²) in [4.78, 5) is 13.1. The lowest BCUT2D eigenvalue weighted by Gasteiger charge is -2.17. The maximum Gasteiger partial charge on any atom is 0.274 e. The minimum Gasteiger partial charge on any atom is -0.378 e. The first-order valence-corrected chi connectivity index (χ1v) is 10.6. The molecule has 0 aliphatic heterocycles. The quantitative estimate of drug-likeness (QED) is 0.536. The molecule has 0 bridgehead atoms. The van der Waals surface area contributed by atoms with Gasteiger partial charge in [-0.3, -0.25) is 4.79 Å². The van der Waals surface area contributed by atoms with Crippen molar-refractivity contribution in [2.45, 2.75) is 52.6 Å². The third-order valence-electron chi connectivity index (χ3n) is 5.15. The first kappa shape index (κ1) is 21.4. The highest BCUT2D eigenvalue weighted by Gasteiger charge is 2.11. The molecule has 0 radical (unpaired) electrons. The van der Waals surface area contributed by atoms with E-state index in [1.54, 1.807) is 0 Å². The van der Waals surface area contributed by atoms with Crippen LogP contribution < -0.4 is 10.9 Å². The zero-order valence-electron chi connectivity index (χ0n) is 18.0. The molecule has 30 heavy (non-hydrogen) atoms. The fraction of sp³-hybridized carbons (Fsp3) is 0.308. The lowest BCUT2D eigenvalue weighted by molar-refractivity contribution is 0.667. The van der Waals surface area contributed by atoms with E-state index in [1.165, 1.54) is 0 Å². The second-order valence-electron chi connectivity index (χ2n) is 7.89. The number of nitrogens with one attached hydrogen (secondary N) is 1. The average molecular weight is 400 g/mol. The van der Waals surface area contributed by atoms with Gasteiger partial charge in [0.05, 0.1) is 18.2 Å². The predicted molar refractivity (Wildman–Crippen MR) is 124 cm³/mol. The van der Waals surface area contributed by atoms with E-state index in [9.17, 15) is 10.1 Å². The maximum atomic E-state index is 13.1. The number of aryl methyl sites for hydroxylation is 1. The molecule has 4 nitrogen and oxygen atoms in total. The molecule has 1 N–H and O–H groups in total. The second-order valence-corrected chi connectivity index (χ2v) is 7.89. The van der Waals surface area contributed by atoms with Crippen molar-refractivity contribution < 1.29 is 0 Å². The van der Waals surface area contributed by atoms with Gasteiger partial charge in [0.25, 0.3) is 5.56 Å². The Labute approximate surface area is 178 Å². The molecule has 0 aliphatic carbocycles. The minimum absolute atomic E-state index is 0.0243. The lowest BCUT2D eigenvalue weighted by atomic mass is 9.99. The number of benzene rings is 2. The van der Waals surface area contributed by atoms with Gasteiger partial charge in [0, 0.05) is 11.7 Å². The molecule has 0 fully saturated rings. The van der Waals surface area contributed by atoms with Gasteiger partial charge >= 0.3 is 0 Å². The third kappa shape index (κ3) is 4.99. The van der Waals surface area contributed by atoms with Gasteiger partial charge < -0.3 is 9.88 Å². The molecular formula is C26H29N3O. The van der Waals surface area contributed by atoms with Gasteiger partial charge in [-0.15, -0.1) is 0 Å². The van der Waals surface area contributed by atoms with Crippen molar-refractivity contribution in [3.63, 3.8) is 0 Å². The van der Waals surface area contributed by atoms with Crippen LogP contribution in [0, 0.1) is 11.3 Å². The summed E-state index contributed by atoms with van der Waals surface area (Å²) in [5.74, 6) is 0. The van der Waals surface area contributed by atoms with Gasteiger partial charge in [-0.1, -0.05) is 55.8 Å². The Hall–Kier alpha value is -3.32. The Morgan fingerprint density at radius 3 is 2.43 bits per heavy atom. The normalized spacial score (nSPS) is 10.8. The van der Waals surface area contributed by atoms with Crippen LogP contribution >= 0.6 is 0 Å². The van der Waals surface area contributed by atoms with Crippen LogP contribution in [0.3, 0.4) is 0 Å². The van der Waals surface area contributed by atoms with Gasteiger partial charge in [0.1, 0.15) is 5.69 Å². The molecule has 154 valence electrons. The number of aromatic nitrogens is 1. The summed E-state index contributed by atoms with van der Waals surface area (Å²) < 4.78 is 1.89. The molecule has 0 amide bonds. The number of nitrogens with zero attached hydrogens (tertiary/aromatic N) is 2. The molecule has 0 atom stereocenters. The SMILES string of the molecule is CCCCc1ccc(NC(C)C)c(=O)n1Cc1ccc(-c2ccccc2C#N)cc1. The molecule has 4 heteroatoms. The Kier molecular flexibility index (Phi) is 7.08. The van der Waals surface area contributed by atoms with Gasteiger partial charge in [0.15, 0.2) is 0 Å². The summed E-state index contributed by atoms with van der Waals surface area (Å²) in [6.45, 7) is 6.76. The number of hydrogen-bond donors (Lipinski definition) is 1. The van der Waals surface area contributed by atoms with Crippen molar-refractivity contribution in [2.24, 2.45) is 0 Å². The average Bonchev–Trinajstić information content (AvgIpc) is 2.76. The van der Waals surface area contributed by atoms with Crippen molar-refractivity contribution >= 4 is 5.69 Å². The molecule has 1 aromatic heterocycles. The fourth-order valence-corrected chi connectivity index (χ4v) is 3.59. The lowest BCUT2D eigenvalue weighted by Crippen LogP contribution is -2.28. The topological polar surface area (TPSA) is 57.8 Å². The summed E-state index contributed by atoms with van der Waals surface area (Å²) in [6.07, 6.45) is 3.04. The van der Waals surface area contributed by atoms with Crippen LogP contribution in [0.5, 0.6) is 0 Å². The molecule has 0 saturated heterocycles. The molecule has 0 unspecified atom stereocenters. The van der Waals surface area contributed by atoms with E-state index >= 15 is 0 Å². The first-order chi connectivity index (χ1) is 14.5. The van der Waals surface area contributed by atoms with E-state index in [2.05, 4.69) is 24.4 Å². The highest BCUT2D eigenvalue weighted by molar-refractivity contribution is 5.70. The van der Waals surface area contributed by atoms with Gasteiger partial charge in [0.2, 0.25) is 0 Å². The molecular weight excluding hydrogens is 370 g/mol. The van der Waals surface area contributed by atoms with Crippen LogP contribution in [0.2, 0.25) is 0 Å². The van der Waals surface area contributed by atoms with Crippen molar-refractivity contribution in [1.29, 1.82) is 5.26 Å². The third-order valence-corrected chi connectivity index (χ3v) is 5.15. The van der Waals surface area contributed by atoms with E-state index in [4.69, 9.17) is 0 Å². The van der Waals surface area contributed by atoms with Crippen LogP contribution in [-0.2, 0) is 13.0 Å². The minimum atomic E-state index is 0.0243. The predicted octanol–water partition coefficient (Wildman–Crippen LogP) is 5.60. The summed E-state index contributed by atoms with van der Waals surface area (Å²) in [5.41, 5.74) is 5.39. The van der Waals surface area contributed by atoms with Crippen LogP contribution in [0.4, 0.5) is 5.69 Å². The Balaban J connectivity index is 1.93. The van der Waals surface area contributed by atoms with Gasteiger partial charge in [-0.25, -0.2) is 0 Å². The highest BCUT2D eigenvalue weighted by atomic mass is 16.1. The summed E-state index contributed by atoms with van der Waals surface area (Å²) in [7, 11) is 0. The maximum absolute atomic E-state index is 13.1. The standard InChI is InChI=1S/C26H29N3O/c1-4-5-9-23-15-16-25(28-19(2)3)26(30)29(23)18-20-11-13-21(14-12-20)24-10-7-6-8-22(24)17-27/h6-8,10-16,19,28H,4-5,9,18H2,1-3H3. The number of pyridine rings is 1. The summed E-state index contributed by atoms with van der Waals surface area (Å²) >= 11 is 0. The Morgan fingerprint density at radius 2 is 1.77 bits per heavy atom. The number of anilines is 1.